The van der Waals surface area contributed by atoms with Gasteiger partial charge < -0.3 is 18.9 Å². The zero-order valence-corrected chi connectivity index (χ0v) is 15.3. The second kappa shape index (κ2) is 6.61. The molecule has 0 radical (unpaired) electrons. The minimum atomic E-state index is -0.367. The van der Waals surface area contributed by atoms with Crippen LogP contribution in [-0.2, 0) is 9.47 Å². The van der Waals surface area contributed by atoms with Crippen LogP contribution < -0.4 is 14.4 Å². The summed E-state index contributed by atoms with van der Waals surface area (Å²) in [7, 11) is 0. The number of anilines is 1. The number of carbonyl (C=O) groups is 2. The smallest absolute Gasteiger partial charge is 0.266 e. The predicted octanol–water partition coefficient (Wildman–Crippen LogP) is 2.35. The Hall–Kier alpha value is -2.90. The second-order valence-corrected chi connectivity index (χ2v) is 7.14. The summed E-state index contributed by atoms with van der Waals surface area (Å²) in [6, 6.07) is 10.3. The number of hydrogen-bond acceptors (Lipinski definition) is 6. The Bertz CT molecular complexity index is 963. The van der Waals surface area contributed by atoms with Gasteiger partial charge in [0.05, 0.1) is 30.0 Å². The summed E-state index contributed by atoms with van der Waals surface area (Å²) in [5.74, 6) is 0.471. The van der Waals surface area contributed by atoms with Crippen molar-refractivity contribution in [2.45, 2.75) is 19.1 Å². The Kier molecular flexibility index (Phi) is 4.07. The normalized spacial score (nSPS) is 22.2. The maximum Gasteiger partial charge on any atom is 0.266 e. The number of epoxide rings is 2. The zero-order valence-electron chi connectivity index (χ0n) is 15.3. The van der Waals surface area contributed by atoms with Gasteiger partial charge in [-0.1, -0.05) is 6.07 Å². The van der Waals surface area contributed by atoms with Crippen molar-refractivity contribution < 1.29 is 28.5 Å². The van der Waals surface area contributed by atoms with Crippen LogP contribution in [0.1, 0.15) is 26.3 Å². The molecule has 0 aliphatic carbocycles. The fourth-order valence-electron chi connectivity index (χ4n) is 3.13. The van der Waals surface area contributed by atoms with Gasteiger partial charge >= 0.3 is 0 Å². The van der Waals surface area contributed by atoms with E-state index in [0.717, 1.165) is 5.56 Å². The molecule has 3 aliphatic heterocycles. The summed E-state index contributed by atoms with van der Waals surface area (Å²) < 4.78 is 21.7. The first kappa shape index (κ1) is 17.2. The molecule has 0 spiro atoms. The molecule has 3 aliphatic rings. The van der Waals surface area contributed by atoms with Crippen molar-refractivity contribution in [1.29, 1.82) is 0 Å². The van der Waals surface area contributed by atoms with Gasteiger partial charge in [0.25, 0.3) is 11.8 Å². The Morgan fingerprint density at radius 3 is 2.32 bits per heavy atom. The molecule has 0 bridgehead atoms. The lowest BCUT2D eigenvalue weighted by Crippen LogP contribution is -2.29. The molecule has 2 amide bonds. The van der Waals surface area contributed by atoms with E-state index in [1.54, 1.807) is 30.3 Å². The van der Waals surface area contributed by atoms with Crippen molar-refractivity contribution in [3.63, 3.8) is 0 Å². The van der Waals surface area contributed by atoms with E-state index in [-0.39, 0.29) is 24.0 Å². The van der Waals surface area contributed by atoms with E-state index < -0.39 is 0 Å². The van der Waals surface area contributed by atoms with Crippen molar-refractivity contribution >= 4 is 17.5 Å². The van der Waals surface area contributed by atoms with Crippen molar-refractivity contribution in [3.8, 4) is 11.5 Å². The number of nitrogens with zero attached hydrogens (tertiary/aromatic N) is 1. The summed E-state index contributed by atoms with van der Waals surface area (Å²) in [6.45, 7) is 4.21. The van der Waals surface area contributed by atoms with Gasteiger partial charge in [-0.2, -0.15) is 0 Å². The van der Waals surface area contributed by atoms with Crippen LogP contribution in [0.2, 0.25) is 0 Å². The van der Waals surface area contributed by atoms with Gasteiger partial charge in [0.1, 0.15) is 36.9 Å². The van der Waals surface area contributed by atoms with Crippen LogP contribution in [0.4, 0.5) is 5.69 Å². The van der Waals surface area contributed by atoms with E-state index in [0.29, 0.717) is 54.7 Å². The first-order valence-electron chi connectivity index (χ1n) is 9.22. The highest BCUT2D eigenvalue weighted by molar-refractivity contribution is 6.34. The first-order valence-corrected chi connectivity index (χ1v) is 9.22. The van der Waals surface area contributed by atoms with Gasteiger partial charge in [-0.3, -0.25) is 9.59 Å². The summed E-state index contributed by atoms with van der Waals surface area (Å²) in [5.41, 5.74) is 2.12. The maximum atomic E-state index is 12.9. The third-order valence-electron chi connectivity index (χ3n) is 4.95. The van der Waals surface area contributed by atoms with Crippen LogP contribution in [0.15, 0.2) is 36.4 Å². The first-order chi connectivity index (χ1) is 13.6. The quantitative estimate of drug-likeness (QED) is 0.541. The van der Waals surface area contributed by atoms with E-state index in [2.05, 4.69) is 0 Å². The molecule has 28 heavy (non-hydrogen) atoms. The van der Waals surface area contributed by atoms with Gasteiger partial charge in [0.2, 0.25) is 0 Å². The molecule has 2 saturated heterocycles. The Balaban J connectivity index is 1.39. The molecule has 2 aromatic rings. The van der Waals surface area contributed by atoms with E-state index in [1.165, 1.54) is 4.90 Å². The largest absolute Gasteiger partial charge is 0.491 e. The molecule has 2 atom stereocenters. The minimum Gasteiger partial charge on any atom is -0.491 e. The molecule has 0 saturated carbocycles. The third-order valence-corrected chi connectivity index (χ3v) is 4.95. The monoisotopic (exact) mass is 381 g/mol. The van der Waals surface area contributed by atoms with E-state index in [1.807, 2.05) is 13.0 Å². The average molecular weight is 381 g/mol. The van der Waals surface area contributed by atoms with Crippen molar-refractivity contribution in [2.75, 3.05) is 31.3 Å². The van der Waals surface area contributed by atoms with Crippen molar-refractivity contribution in [1.82, 2.24) is 0 Å². The Labute approximate surface area is 161 Å². The van der Waals surface area contributed by atoms with Crippen LogP contribution in [0, 0.1) is 6.92 Å². The summed E-state index contributed by atoms with van der Waals surface area (Å²) >= 11 is 0. The minimum absolute atomic E-state index is 0.120. The number of carbonyl (C=O) groups excluding carboxylic acids is 2. The fraction of sp³-hybridized carbons (Fsp3) is 0.333. The van der Waals surface area contributed by atoms with E-state index in [4.69, 9.17) is 18.9 Å². The van der Waals surface area contributed by atoms with Crippen LogP contribution in [0.3, 0.4) is 0 Å². The summed E-state index contributed by atoms with van der Waals surface area (Å²) in [6.07, 6.45) is 0.246. The highest BCUT2D eigenvalue weighted by Gasteiger charge is 2.37. The Morgan fingerprint density at radius 1 is 0.929 bits per heavy atom. The maximum absolute atomic E-state index is 12.9. The van der Waals surface area contributed by atoms with Crippen LogP contribution in [0.5, 0.6) is 11.5 Å². The molecule has 144 valence electrons. The third kappa shape index (κ3) is 3.23. The molecule has 7 nitrogen and oxygen atoms in total. The number of benzene rings is 2. The van der Waals surface area contributed by atoms with Crippen LogP contribution in [-0.4, -0.2) is 50.4 Å². The van der Waals surface area contributed by atoms with Gasteiger partial charge in [-0.05, 0) is 36.8 Å². The number of imide groups is 1. The molecule has 0 N–H and O–H groups in total. The summed E-state index contributed by atoms with van der Waals surface area (Å²) in [4.78, 5) is 27.0. The standard InChI is InChI=1S/C21H19NO6/c1-12-2-3-13(6-19(12)28-11-16-10-27-16)22-20(23)17-5-4-14(7-18(17)21(22)24)25-8-15-9-26-15/h2-7,15-16H,8-11H2,1H3. The second-order valence-electron chi connectivity index (χ2n) is 7.14. The molecule has 3 heterocycles. The zero-order chi connectivity index (χ0) is 19.3. The lowest BCUT2D eigenvalue weighted by Gasteiger charge is -2.16. The highest BCUT2D eigenvalue weighted by atomic mass is 16.6. The molecule has 7 heteroatoms. The van der Waals surface area contributed by atoms with Crippen molar-refractivity contribution in [3.05, 3.63) is 53.1 Å². The number of ether oxygens (including phenoxy) is 4. The molecule has 2 unspecified atom stereocenters. The molecule has 0 aromatic heterocycles. The van der Waals surface area contributed by atoms with Gasteiger partial charge in [-0.15, -0.1) is 0 Å². The number of amides is 2. The number of hydrogen-bond donors (Lipinski definition) is 0. The number of fused-ring (bicyclic) bond motifs is 1. The van der Waals surface area contributed by atoms with E-state index >= 15 is 0 Å². The summed E-state index contributed by atoms with van der Waals surface area (Å²) in [5, 5.41) is 0. The lowest BCUT2D eigenvalue weighted by atomic mass is 10.1. The van der Waals surface area contributed by atoms with Crippen molar-refractivity contribution in [2.24, 2.45) is 0 Å². The van der Waals surface area contributed by atoms with Crippen LogP contribution >= 0.6 is 0 Å². The molecule has 2 aromatic carbocycles. The highest BCUT2D eigenvalue weighted by Crippen LogP contribution is 2.34. The number of aryl methyl sites for hydroxylation is 1. The molecule has 5 rings (SSSR count). The predicted molar refractivity (Wildman–Crippen MR) is 99.2 cm³/mol. The SMILES string of the molecule is Cc1ccc(N2C(=O)c3ccc(OCC4CO4)cc3C2=O)cc1OCC1CO1. The van der Waals surface area contributed by atoms with Gasteiger partial charge in [0, 0.05) is 6.07 Å². The van der Waals surface area contributed by atoms with Gasteiger partial charge in [-0.25, -0.2) is 4.90 Å². The molecular weight excluding hydrogens is 362 g/mol. The Morgan fingerprint density at radius 2 is 1.61 bits per heavy atom. The number of rotatable bonds is 7. The molecular formula is C21H19NO6. The van der Waals surface area contributed by atoms with Crippen LogP contribution in [0.25, 0.3) is 0 Å². The van der Waals surface area contributed by atoms with E-state index in [9.17, 15) is 9.59 Å². The lowest BCUT2D eigenvalue weighted by molar-refractivity contribution is 0.0926. The average Bonchev–Trinajstić information content (AvgIpc) is 3.61. The fourth-order valence-corrected chi connectivity index (χ4v) is 3.13. The molecule has 2 fully saturated rings. The topological polar surface area (TPSA) is 80.9 Å². The van der Waals surface area contributed by atoms with Gasteiger partial charge in [0.15, 0.2) is 0 Å².